The molecule has 1 aromatic heterocycles. The molecule has 1 heterocycles. The molecule has 3 nitrogen and oxygen atoms in total. The van der Waals surface area contributed by atoms with Crippen molar-refractivity contribution in [1.82, 2.24) is 4.57 Å². The molecule has 0 unspecified atom stereocenters. The number of hydrogen-bond donors (Lipinski definition) is 1. The average molecular weight is 242 g/mol. The summed E-state index contributed by atoms with van der Waals surface area (Å²) < 4.78 is 2.21. The van der Waals surface area contributed by atoms with E-state index in [0.29, 0.717) is 0 Å². The number of hydrogen-bond acceptors (Lipinski definition) is 2. The lowest BCUT2D eigenvalue weighted by molar-refractivity contribution is 0.322. The minimum atomic E-state index is 0.942. The SMILES string of the molecule is Cc1cccc(C)c1-n1c(C)cc(/C=N\O)c1C. The molecule has 0 aliphatic heterocycles. The molecule has 0 fully saturated rings. The first-order valence-corrected chi connectivity index (χ1v) is 5.99. The Hall–Kier alpha value is -2.03. The third-order valence-corrected chi connectivity index (χ3v) is 3.33. The van der Waals surface area contributed by atoms with Crippen LogP contribution in [0.4, 0.5) is 0 Å². The van der Waals surface area contributed by atoms with Crippen LogP contribution in [0.15, 0.2) is 29.4 Å². The molecule has 1 N–H and O–H groups in total. The summed E-state index contributed by atoms with van der Waals surface area (Å²) in [4.78, 5) is 0. The van der Waals surface area contributed by atoms with E-state index in [4.69, 9.17) is 5.21 Å². The lowest BCUT2D eigenvalue weighted by Crippen LogP contribution is -2.04. The smallest absolute Gasteiger partial charge is 0.0752 e. The maximum absolute atomic E-state index is 8.68. The Balaban J connectivity index is 2.72. The largest absolute Gasteiger partial charge is 0.411 e. The third kappa shape index (κ3) is 1.92. The molecule has 0 saturated heterocycles. The van der Waals surface area contributed by atoms with Gasteiger partial charge in [-0.05, 0) is 44.9 Å². The first-order chi connectivity index (χ1) is 8.56. The molecule has 0 amide bonds. The topological polar surface area (TPSA) is 37.5 Å². The lowest BCUT2D eigenvalue weighted by atomic mass is 10.1. The summed E-state index contributed by atoms with van der Waals surface area (Å²) in [5, 5.41) is 11.8. The van der Waals surface area contributed by atoms with Crippen LogP contribution in [0.2, 0.25) is 0 Å². The summed E-state index contributed by atoms with van der Waals surface area (Å²) in [6.07, 6.45) is 1.48. The second kappa shape index (κ2) is 4.69. The molecule has 0 radical (unpaired) electrons. The second-order valence-corrected chi connectivity index (χ2v) is 4.65. The fourth-order valence-corrected chi connectivity index (χ4v) is 2.48. The van der Waals surface area contributed by atoms with Crippen molar-refractivity contribution < 1.29 is 5.21 Å². The van der Waals surface area contributed by atoms with Crippen LogP contribution >= 0.6 is 0 Å². The monoisotopic (exact) mass is 242 g/mol. The maximum atomic E-state index is 8.68. The molecular weight excluding hydrogens is 224 g/mol. The summed E-state index contributed by atoms with van der Waals surface area (Å²) in [6.45, 7) is 8.32. The Bertz CT molecular complexity index is 589. The zero-order valence-electron chi connectivity index (χ0n) is 11.2. The summed E-state index contributed by atoms with van der Waals surface area (Å²) in [5.74, 6) is 0. The van der Waals surface area contributed by atoms with Crippen molar-refractivity contribution >= 4 is 6.21 Å². The zero-order valence-corrected chi connectivity index (χ0v) is 11.2. The van der Waals surface area contributed by atoms with Crippen LogP contribution < -0.4 is 0 Å². The number of benzene rings is 1. The Morgan fingerprint density at radius 1 is 1.11 bits per heavy atom. The molecule has 0 aliphatic rings. The van der Waals surface area contributed by atoms with E-state index >= 15 is 0 Å². The normalized spacial score (nSPS) is 11.3. The van der Waals surface area contributed by atoms with Crippen molar-refractivity contribution in [3.8, 4) is 5.69 Å². The fraction of sp³-hybridized carbons (Fsp3) is 0.267. The number of aromatic nitrogens is 1. The van der Waals surface area contributed by atoms with Crippen LogP contribution in [0.3, 0.4) is 0 Å². The van der Waals surface area contributed by atoms with Crippen molar-refractivity contribution in [3.63, 3.8) is 0 Å². The fourth-order valence-electron chi connectivity index (χ4n) is 2.48. The summed E-state index contributed by atoms with van der Waals surface area (Å²) >= 11 is 0. The van der Waals surface area contributed by atoms with Crippen molar-refractivity contribution in [2.75, 3.05) is 0 Å². The molecule has 0 spiro atoms. The Morgan fingerprint density at radius 2 is 1.72 bits per heavy atom. The van der Waals surface area contributed by atoms with Crippen LogP contribution in [0.25, 0.3) is 5.69 Å². The number of oxime groups is 1. The van der Waals surface area contributed by atoms with Gasteiger partial charge in [0, 0.05) is 17.0 Å². The molecule has 1 aromatic carbocycles. The Kier molecular flexibility index (Phi) is 3.24. The van der Waals surface area contributed by atoms with E-state index < -0.39 is 0 Å². The minimum Gasteiger partial charge on any atom is -0.411 e. The van der Waals surface area contributed by atoms with Gasteiger partial charge in [0.25, 0.3) is 0 Å². The molecule has 94 valence electrons. The summed E-state index contributed by atoms with van der Waals surface area (Å²) in [7, 11) is 0. The van der Waals surface area contributed by atoms with E-state index in [1.54, 1.807) is 0 Å². The Morgan fingerprint density at radius 3 is 2.28 bits per heavy atom. The van der Waals surface area contributed by atoms with Gasteiger partial charge in [-0.2, -0.15) is 0 Å². The van der Waals surface area contributed by atoms with Gasteiger partial charge in [-0.3, -0.25) is 0 Å². The highest BCUT2D eigenvalue weighted by molar-refractivity contribution is 5.81. The summed E-state index contributed by atoms with van der Waals surface area (Å²) in [6, 6.07) is 8.32. The van der Waals surface area contributed by atoms with E-state index in [9.17, 15) is 0 Å². The summed E-state index contributed by atoms with van der Waals surface area (Å²) in [5.41, 5.74) is 6.86. The van der Waals surface area contributed by atoms with E-state index in [1.165, 1.54) is 23.0 Å². The molecule has 2 rings (SSSR count). The van der Waals surface area contributed by atoms with Gasteiger partial charge >= 0.3 is 0 Å². The van der Waals surface area contributed by atoms with Gasteiger partial charge < -0.3 is 9.77 Å². The van der Waals surface area contributed by atoms with Crippen LogP contribution in [-0.4, -0.2) is 16.0 Å². The van der Waals surface area contributed by atoms with Crippen LogP contribution in [0.5, 0.6) is 0 Å². The average Bonchev–Trinajstić information content (AvgIpc) is 2.57. The molecule has 0 saturated carbocycles. The van der Waals surface area contributed by atoms with Crippen LogP contribution in [0, 0.1) is 27.7 Å². The zero-order chi connectivity index (χ0) is 13.3. The maximum Gasteiger partial charge on any atom is 0.0752 e. The highest BCUT2D eigenvalue weighted by atomic mass is 16.4. The predicted molar refractivity (Wildman–Crippen MR) is 74.1 cm³/mol. The van der Waals surface area contributed by atoms with Crippen molar-refractivity contribution in [1.29, 1.82) is 0 Å². The molecule has 0 bridgehead atoms. The van der Waals surface area contributed by atoms with Gasteiger partial charge in [-0.15, -0.1) is 0 Å². The second-order valence-electron chi connectivity index (χ2n) is 4.65. The van der Waals surface area contributed by atoms with Crippen molar-refractivity contribution in [3.05, 3.63) is 52.3 Å². The van der Waals surface area contributed by atoms with E-state index in [2.05, 4.69) is 48.7 Å². The van der Waals surface area contributed by atoms with Crippen LogP contribution in [-0.2, 0) is 0 Å². The molecule has 2 aromatic rings. The number of aryl methyl sites for hydroxylation is 3. The van der Waals surface area contributed by atoms with Crippen molar-refractivity contribution in [2.45, 2.75) is 27.7 Å². The predicted octanol–water partition coefficient (Wildman–Crippen LogP) is 3.52. The minimum absolute atomic E-state index is 0.942. The van der Waals surface area contributed by atoms with Gasteiger partial charge in [0.1, 0.15) is 0 Å². The number of nitrogens with zero attached hydrogens (tertiary/aromatic N) is 2. The van der Waals surface area contributed by atoms with Crippen molar-refractivity contribution in [2.24, 2.45) is 5.16 Å². The standard InChI is InChI=1S/C15H18N2O/c1-10-6-5-7-11(2)15(10)17-12(3)8-14(9-16-18)13(17)4/h5-9,18H,1-4H3/b16-9-. The van der Waals surface area contributed by atoms with Gasteiger partial charge in [-0.25, -0.2) is 0 Å². The lowest BCUT2D eigenvalue weighted by Gasteiger charge is -2.15. The van der Waals surface area contributed by atoms with E-state index in [-0.39, 0.29) is 0 Å². The van der Waals surface area contributed by atoms with Crippen LogP contribution in [0.1, 0.15) is 28.1 Å². The molecule has 0 atom stereocenters. The number of para-hydroxylation sites is 1. The van der Waals surface area contributed by atoms with E-state index in [0.717, 1.165) is 17.0 Å². The van der Waals surface area contributed by atoms with Gasteiger partial charge in [0.05, 0.1) is 11.9 Å². The van der Waals surface area contributed by atoms with Gasteiger partial charge in [-0.1, -0.05) is 23.4 Å². The highest BCUT2D eigenvalue weighted by Gasteiger charge is 2.12. The number of rotatable bonds is 2. The quantitative estimate of drug-likeness (QED) is 0.488. The van der Waals surface area contributed by atoms with Gasteiger partial charge in [0.2, 0.25) is 0 Å². The molecular formula is C15H18N2O. The molecule has 3 heteroatoms. The first-order valence-electron chi connectivity index (χ1n) is 5.99. The molecule has 0 aliphatic carbocycles. The first kappa shape index (κ1) is 12.4. The Labute approximate surface area is 107 Å². The highest BCUT2D eigenvalue weighted by Crippen LogP contribution is 2.25. The molecule has 18 heavy (non-hydrogen) atoms. The van der Waals surface area contributed by atoms with Gasteiger partial charge in [0.15, 0.2) is 0 Å². The third-order valence-electron chi connectivity index (χ3n) is 3.33. The van der Waals surface area contributed by atoms with E-state index in [1.807, 2.05) is 13.0 Å².